The van der Waals surface area contributed by atoms with E-state index in [1.165, 1.54) is 22.9 Å². The lowest BCUT2D eigenvalue weighted by Gasteiger charge is -2.20. The van der Waals surface area contributed by atoms with Gasteiger partial charge in [-0.2, -0.15) is 5.10 Å². The van der Waals surface area contributed by atoms with Gasteiger partial charge in [0.1, 0.15) is 11.5 Å². The van der Waals surface area contributed by atoms with E-state index in [1.54, 1.807) is 17.0 Å². The van der Waals surface area contributed by atoms with E-state index >= 15 is 0 Å². The number of sulfone groups is 1. The Morgan fingerprint density at radius 3 is 2.69 bits per heavy atom. The molecule has 1 unspecified atom stereocenters. The van der Waals surface area contributed by atoms with Crippen molar-refractivity contribution in [2.75, 3.05) is 18.1 Å². The molecule has 1 fully saturated rings. The third-order valence-electron chi connectivity index (χ3n) is 5.17. The van der Waals surface area contributed by atoms with Crippen LogP contribution in [-0.4, -0.2) is 59.0 Å². The normalized spacial score (nSPS) is 20.9. The smallest absolute Gasteiger partial charge is 0.272 e. The van der Waals surface area contributed by atoms with Crippen LogP contribution < -0.4 is 5.32 Å². The number of benzene rings is 1. The van der Waals surface area contributed by atoms with Crippen molar-refractivity contribution < 1.29 is 22.4 Å². The minimum Gasteiger partial charge on any atom is -0.347 e. The van der Waals surface area contributed by atoms with Crippen LogP contribution in [0, 0.1) is 5.82 Å². The van der Waals surface area contributed by atoms with Crippen molar-refractivity contribution in [1.82, 2.24) is 20.0 Å². The van der Waals surface area contributed by atoms with Crippen LogP contribution in [0.5, 0.6) is 0 Å². The van der Waals surface area contributed by atoms with Crippen molar-refractivity contribution >= 4 is 21.7 Å². The predicted octanol–water partition coefficient (Wildman–Crippen LogP) is 0.985. The number of rotatable bonds is 4. The van der Waals surface area contributed by atoms with Crippen LogP contribution in [0.1, 0.15) is 39.4 Å². The van der Waals surface area contributed by atoms with Gasteiger partial charge in [0.05, 0.1) is 11.5 Å². The topological polar surface area (TPSA) is 101 Å². The average Bonchev–Trinajstić information content (AvgIpc) is 3.21. The number of amides is 2. The fraction of sp³-hybridized carbons (Fsp3) is 0.421. The zero-order chi connectivity index (χ0) is 20.6. The average molecular weight is 420 g/mol. The Kier molecular flexibility index (Phi) is 5.12. The van der Waals surface area contributed by atoms with Gasteiger partial charge in [-0.25, -0.2) is 12.8 Å². The third kappa shape index (κ3) is 4.31. The molecular weight excluding hydrogens is 399 g/mol. The van der Waals surface area contributed by atoms with Crippen LogP contribution in [0.2, 0.25) is 0 Å². The molecule has 1 aromatic heterocycles. The highest BCUT2D eigenvalue weighted by Gasteiger charge is 2.31. The molecule has 2 amide bonds. The monoisotopic (exact) mass is 420 g/mol. The lowest BCUT2D eigenvalue weighted by molar-refractivity contribution is 0.0745. The van der Waals surface area contributed by atoms with E-state index in [0.29, 0.717) is 38.2 Å². The van der Waals surface area contributed by atoms with E-state index in [4.69, 9.17) is 0 Å². The molecule has 1 saturated heterocycles. The van der Waals surface area contributed by atoms with Crippen LogP contribution in [0.15, 0.2) is 30.3 Å². The van der Waals surface area contributed by atoms with Gasteiger partial charge in [0.2, 0.25) is 0 Å². The van der Waals surface area contributed by atoms with Crippen LogP contribution in [-0.2, 0) is 22.9 Å². The second-order valence-corrected chi connectivity index (χ2v) is 9.65. The predicted molar refractivity (Wildman–Crippen MR) is 103 cm³/mol. The molecule has 0 aliphatic carbocycles. The van der Waals surface area contributed by atoms with Crippen LogP contribution >= 0.6 is 0 Å². The minimum absolute atomic E-state index is 0.0640. The van der Waals surface area contributed by atoms with Gasteiger partial charge in [0.25, 0.3) is 11.8 Å². The molecular formula is C19H21FN4O4S. The number of nitrogens with zero attached hydrogens (tertiary/aromatic N) is 3. The summed E-state index contributed by atoms with van der Waals surface area (Å²) in [6, 6.07) is 7.00. The van der Waals surface area contributed by atoms with Gasteiger partial charge in [-0.3, -0.25) is 14.3 Å². The third-order valence-corrected chi connectivity index (χ3v) is 6.94. The number of nitrogens with one attached hydrogen (secondary N) is 1. The molecule has 3 heterocycles. The Morgan fingerprint density at radius 1 is 1.24 bits per heavy atom. The first-order chi connectivity index (χ1) is 13.8. The molecule has 2 aliphatic heterocycles. The molecule has 10 heteroatoms. The number of aryl methyl sites for hydroxylation is 1. The summed E-state index contributed by atoms with van der Waals surface area (Å²) in [6.45, 7) is 1.36. The maximum absolute atomic E-state index is 13.1. The summed E-state index contributed by atoms with van der Waals surface area (Å²) in [5.74, 6) is -1.07. The van der Waals surface area contributed by atoms with E-state index in [-0.39, 0.29) is 28.9 Å². The van der Waals surface area contributed by atoms with Gasteiger partial charge >= 0.3 is 0 Å². The first kappa shape index (κ1) is 19.6. The summed E-state index contributed by atoms with van der Waals surface area (Å²) < 4.78 is 37.8. The van der Waals surface area contributed by atoms with Gasteiger partial charge in [-0.15, -0.1) is 0 Å². The molecule has 2 aromatic rings. The van der Waals surface area contributed by atoms with E-state index in [0.717, 1.165) is 5.56 Å². The summed E-state index contributed by atoms with van der Waals surface area (Å²) in [7, 11) is -3.10. The van der Waals surface area contributed by atoms with E-state index < -0.39 is 21.8 Å². The highest BCUT2D eigenvalue weighted by atomic mass is 32.2. The Labute approximate surface area is 167 Å². The number of hydrogen-bond donors (Lipinski definition) is 1. The highest BCUT2D eigenvalue weighted by Crippen LogP contribution is 2.18. The Hall–Kier alpha value is -2.75. The van der Waals surface area contributed by atoms with Gasteiger partial charge in [-0.05, 0) is 30.5 Å². The van der Waals surface area contributed by atoms with E-state index in [1.807, 2.05) is 0 Å². The summed E-state index contributed by atoms with van der Waals surface area (Å²) in [5, 5.41) is 6.94. The van der Waals surface area contributed by atoms with Crippen molar-refractivity contribution in [1.29, 1.82) is 0 Å². The van der Waals surface area contributed by atoms with Crippen LogP contribution in [0.4, 0.5) is 4.39 Å². The molecule has 0 bridgehead atoms. The molecule has 4 rings (SSSR count). The summed E-state index contributed by atoms with van der Waals surface area (Å²) in [4.78, 5) is 27.1. The minimum atomic E-state index is -3.10. The molecule has 0 radical (unpaired) electrons. The van der Waals surface area contributed by atoms with Crippen molar-refractivity contribution in [3.63, 3.8) is 0 Å². The fourth-order valence-electron chi connectivity index (χ4n) is 3.67. The van der Waals surface area contributed by atoms with Gasteiger partial charge in [-0.1, -0.05) is 12.1 Å². The van der Waals surface area contributed by atoms with Crippen molar-refractivity contribution in [2.45, 2.75) is 32.0 Å². The molecule has 2 aliphatic rings. The first-order valence-corrected chi connectivity index (χ1v) is 11.3. The maximum Gasteiger partial charge on any atom is 0.272 e. The van der Waals surface area contributed by atoms with Gasteiger partial charge < -0.3 is 10.2 Å². The summed E-state index contributed by atoms with van der Waals surface area (Å²) in [6.07, 6.45) is 1.05. The Balaban J connectivity index is 1.48. The molecule has 1 atom stereocenters. The Morgan fingerprint density at radius 2 is 2.00 bits per heavy atom. The second kappa shape index (κ2) is 7.58. The van der Waals surface area contributed by atoms with Crippen LogP contribution in [0.3, 0.4) is 0 Å². The zero-order valence-electron chi connectivity index (χ0n) is 15.7. The maximum atomic E-state index is 13.1. The summed E-state index contributed by atoms with van der Waals surface area (Å²) in [5.41, 5.74) is 1.23. The quantitative estimate of drug-likeness (QED) is 0.795. The number of carbonyl (C=O) groups is 2. The standard InChI is InChI=1S/C19H21FN4O4S/c20-14-4-2-13(3-5-14)11-23-7-1-8-24-17(19(23)26)10-16(22-24)18(25)21-15-6-9-29(27,28)12-15/h2-5,10,15H,1,6-9,11-12H2,(H,21,25). The van der Waals surface area contributed by atoms with Crippen molar-refractivity contribution in [3.8, 4) is 0 Å². The number of hydrogen-bond acceptors (Lipinski definition) is 5. The lowest BCUT2D eigenvalue weighted by atomic mass is 10.2. The molecule has 0 spiro atoms. The van der Waals surface area contributed by atoms with E-state index in [9.17, 15) is 22.4 Å². The summed E-state index contributed by atoms with van der Waals surface area (Å²) >= 11 is 0. The van der Waals surface area contributed by atoms with E-state index in [2.05, 4.69) is 10.4 Å². The number of halogens is 1. The van der Waals surface area contributed by atoms with Crippen molar-refractivity contribution in [2.24, 2.45) is 0 Å². The Bertz CT molecular complexity index is 1050. The number of carbonyl (C=O) groups excluding carboxylic acids is 2. The molecule has 154 valence electrons. The molecule has 1 N–H and O–H groups in total. The van der Waals surface area contributed by atoms with Crippen molar-refractivity contribution in [3.05, 3.63) is 53.1 Å². The molecule has 1 aromatic carbocycles. The molecule has 0 saturated carbocycles. The number of fused-ring (bicyclic) bond motifs is 1. The van der Waals surface area contributed by atoms with Crippen LogP contribution in [0.25, 0.3) is 0 Å². The molecule has 29 heavy (non-hydrogen) atoms. The largest absolute Gasteiger partial charge is 0.347 e. The SMILES string of the molecule is O=C(NC1CCS(=O)(=O)C1)c1cc2n(n1)CCCN(Cc1ccc(F)cc1)C2=O. The lowest BCUT2D eigenvalue weighted by Crippen LogP contribution is -2.36. The first-order valence-electron chi connectivity index (χ1n) is 9.43. The van der Waals surface area contributed by atoms with Gasteiger partial charge in [0.15, 0.2) is 15.5 Å². The fourth-order valence-corrected chi connectivity index (χ4v) is 5.35. The highest BCUT2D eigenvalue weighted by molar-refractivity contribution is 7.91. The zero-order valence-corrected chi connectivity index (χ0v) is 16.5. The van der Waals surface area contributed by atoms with Gasteiger partial charge in [0, 0.05) is 31.7 Å². The number of aromatic nitrogens is 2. The molecule has 8 nitrogen and oxygen atoms in total. The second-order valence-electron chi connectivity index (χ2n) is 7.42.